The van der Waals surface area contributed by atoms with Gasteiger partial charge in [0, 0.05) is 5.02 Å². The highest BCUT2D eigenvalue weighted by Crippen LogP contribution is 2.53. The molecule has 122 valence electrons. The highest BCUT2D eigenvalue weighted by molar-refractivity contribution is 6.31. The Bertz CT molecular complexity index is 588. The van der Waals surface area contributed by atoms with Crippen molar-refractivity contribution in [3.05, 3.63) is 34.9 Å². The zero-order chi connectivity index (χ0) is 15.4. The summed E-state index contributed by atoms with van der Waals surface area (Å²) in [7, 11) is 0. The Labute approximate surface area is 142 Å². The second-order valence-corrected chi connectivity index (χ2v) is 7.15. The summed E-state index contributed by atoms with van der Waals surface area (Å²) in [6, 6.07) is 6.87. The zero-order valence-corrected chi connectivity index (χ0v) is 14.3. The first-order chi connectivity index (χ1) is 9.77. The van der Waals surface area contributed by atoms with E-state index in [9.17, 15) is 9.90 Å². The Balaban J connectivity index is 0.00000176. The maximum absolute atomic E-state index is 12.6. The molecule has 2 heterocycles. The molecule has 0 aromatic heterocycles. The molecule has 0 aliphatic carbocycles. The second-order valence-electron chi connectivity index (χ2n) is 6.74. The first kappa shape index (κ1) is 17.5. The highest BCUT2D eigenvalue weighted by atomic mass is 35.5. The van der Waals surface area contributed by atoms with Crippen molar-refractivity contribution in [3.8, 4) is 0 Å². The van der Waals surface area contributed by atoms with Gasteiger partial charge in [-0.1, -0.05) is 29.8 Å². The second kappa shape index (κ2) is 5.68. The van der Waals surface area contributed by atoms with Crippen LogP contribution in [0.1, 0.15) is 38.7 Å². The van der Waals surface area contributed by atoms with Crippen LogP contribution in [-0.4, -0.2) is 33.6 Å². The van der Waals surface area contributed by atoms with Crippen molar-refractivity contribution in [2.75, 3.05) is 0 Å². The van der Waals surface area contributed by atoms with Gasteiger partial charge in [-0.15, -0.1) is 12.4 Å². The fourth-order valence-electron chi connectivity index (χ4n) is 4.00. The van der Waals surface area contributed by atoms with Crippen LogP contribution in [0.15, 0.2) is 24.3 Å². The Morgan fingerprint density at radius 3 is 2.64 bits per heavy atom. The third kappa shape index (κ3) is 2.42. The van der Waals surface area contributed by atoms with Crippen LogP contribution >= 0.6 is 24.0 Å². The first-order valence-corrected chi connectivity index (χ1v) is 7.71. The van der Waals surface area contributed by atoms with Crippen molar-refractivity contribution < 1.29 is 9.90 Å². The van der Waals surface area contributed by atoms with Gasteiger partial charge in [0.05, 0.1) is 23.2 Å². The molecule has 1 amide bonds. The van der Waals surface area contributed by atoms with E-state index < -0.39 is 17.2 Å². The quantitative estimate of drug-likeness (QED) is 0.865. The zero-order valence-electron chi connectivity index (χ0n) is 12.8. The molecule has 2 aliphatic heterocycles. The normalized spacial score (nSPS) is 31.1. The fourth-order valence-corrected chi connectivity index (χ4v) is 4.31. The molecule has 4 nitrogen and oxygen atoms in total. The van der Waals surface area contributed by atoms with Crippen molar-refractivity contribution >= 4 is 29.9 Å². The summed E-state index contributed by atoms with van der Waals surface area (Å²) < 4.78 is 0. The summed E-state index contributed by atoms with van der Waals surface area (Å²) >= 11 is 6.38. The minimum atomic E-state index is -0.956. The highest BCUT2D eigenvalue weighted by Gasteiger charge is 2.60. The van der Waals surface area contributed by atoms with Crippen LogP contribution in [0.2, 0.25) is 5.02 Å². The maximum Gasteiger partial charge on any atom is 0.240 e. The van der Waals surface area contributed by atoms with Crippen molar-refractivity contribution in [2.45, 2.75) is 56.3 Å². The molecular formula is C16H22Cl2N2O2. The van der Waals surface area contributed by atoms with Gasteiger partial charge in [0.2, 0.25) is 5.91 Å². The first-order valence-electron chi connectivity index (χ1n) is 7.33. The van der Waals surface area contributed by atoms with E-state index in [0.717, 1.165) is 18.4 Å². The van der Waals surface area contributed by atoms with E-state index >= 15 is 0 Å². The average Bonchev–Trinajstić information content (AvgIpc) is 2.88. The molecule has 22 heavy (non-hydrogen) atoms. The van der Waals surface area contributed by atoms with E-state index in [0.29, 0.717) is 11.4 Å². The van der Waals surface area contributed by atoms with Gasteiger partial charge < -0.3 is 15.7 Å². The minimum Gasteiger partial charge on any atom is -0.388 e. The van der Waals surface area contributed by atoms with Gasteiger partial charge in [0.1, 0.15) is 0 Å². The third-order valence-electron chi connectivity index (χ3n) is 4.91. The van der Waals surface area contributed by atoms with Crippen molar-refractivity contribution in [2.24, 2.45) is 5.73 Å². The monoisotopic (exact) mass is 344 g/mol. The Hall–Kier alpha value is -0.810. The lowest BCUT2D eigenvalue weighted by molar-refractivity contribution is -0.138. The largest absolute Gasteiger partial charge is 0.388 e. The van der Waals surface area contributed by atoms with Crippen LogP contribution in [0.3, 0.4) is 0 Å². The number of rotatable bonds is 2. The number of amides is 1. The Morgan fingerprint density at radius 2 is 2.05 bits per heavy atom. The fraction of sp³-hybridized carbons (Fsp3) is 0.562. The molecule has 2 aliphatic rings. The number of benzene rings is 1. The average molecular weight is 345 g/mol. The number of carbonyl (C=O) groups is 1. The van der Waals surface area contributed by atoms with Gasteiger partial charge in [-0.05, 0) is 44.7 Å². The molecular weight excluding hydrogens is 323 g/mol. The minimum absolute atomic E-state index is 0. The molecule has 0 unspecified atom stereocenters. The van der Waals surface area contributed by atoms with Gasteiger partial charge in [-0.2, -0.15) is 0 Å². The molecule has 0 spiro atoms. The van der Waals surface area contributed by atoms with Gasteiger partial charge in [0.15, 0.2) is 0 Å². The molecule has 1 aromatic carbocycles. The topological polar surface area (TPSA) is 66.6 Å². The summed E-state index contributed by atoms with van der Waals surface area (Å²) in [5.74, 6) is -0.0838. The number of fused-ring (bicyclic) bond motifs is 1. The smallest absolute Gasteiger partial charge is 0.240 e. The molecule has 6 heteroatoms. The van der Waals surface area contributed by atoms with Crippen LogP contribution in [-0.2, 0) is 10.3 Å². The van der Waals surface area contributed by atoms with E-state index in [2.05, 4.69) is 0 Å². The number of halogens is 2. The van der Waals surface area contributed by atoms with Gasteiger partial charge >= 0.3 is 0 Å². The van der Waals surface area contributed by atoms with Crippen LogP contribution < -0.4 is 5.73 Å². The lowest BCUT2D eigenvalue weighted by Gasteiger charge is -2.40. The van der Waals surface area contributed by atoms with E-state index in [4.69, 9.17) is 17.3 Å². The summed E-state index contributed by atoms with van der Waals surface area (Å²) in [5.41, 5.74) is 5.55. The van der Waals surface area contributed by atoms with Gasteiger partial charge in [0.25, 0.3) is 0 Å². The number of hydrogen-bond donors (Lipinski definition) is 2. The predicted octanol–water partition coefficient (Wildman–Crippen LogP) is 2.45. The number of aliphatic hydroxyl groups is 1. The third-order valence-corrected chi connectivity index (χ3v) is 5.24. The SMILES string of the molecule is CC(C)(O)[C@H]1CC[C@]2(c3ccccc3Cl)C[C@H](N)C(=O)N12.Cl. The molecule has 2 saturated heterocycles. The Morgan fingerprint density at radius 1 is 1.41 bits per heavy atom. The standard InChI is InChI=1S/C16H21ClN2O2.ClH/c1-15(2,21)13-7-8-16(9-12(18)14(20)19(13)16)10-5-3-4-6-11(10)17;/h3-6,12-13,21H,7-9,18H2,1-2H3;1H/t12-,13+,16+;/m0./s1. The van der Waals surface area contributed by atoms with Gasteiger partial charge in [-0.3, -0.25) is 4.79 Å². The van der Waals surface area contributed by atoms with E-state index in [1.54, 1.807) is 18.7 Å². The maximum atomic E-state index is 12.6. The number of nitrogens with two attached hydrogens (primary N) is 1. The summed E-state index contributed by atoms with van der Waals surface area (Å²) in [6.07, 6.45) is 2.10. The van der Waals surface area contributed by atoms with Crippen LogP contribution in [0.5, 0.6) is 0 Å². The van der Waals surface area contributed by atoms with E-state index in [1.165, 1.54) is 0 Å². The lowest BCUT2D eigenvalue weighted by Crippen LogP contribution is -2.52. The predicted molar refractivity (Wildman–Crippen MR) is 89.1 cm³/mol. The summed E-state index contributed by atoms with van der Waals surface area (Å²) in [6.45, 7) is 3.49. The van der Waals surface area contributed by atoms with E-state index in [-0.39, 0.29) is 24.4 Å². The van der Waals surface area contributed by atoms with Crippen LogP contribution in [0, 0.1) is 0 Å². The molecule has 0 bridgehead atoms. The number of carbonyl (C=O) groups excluding carboxylic acids is 1. The van der Waals surface area contributed by atoms with Gasteiger partial charge in [-0.25, -0.2) is 0 Å². The molecule has 0 radical (unpaired) electrons. The molecule has 3 N–H and O–H groups in total. The molecule has 1 aromatic rings. The van der Waals surface area contributed by atoms with Crippen molar-refractivity contribution in [1.29, 1.82) is 0 Å². The Kier molecular flexibility index (Phi) is 4.53. The van der Waals surface area contributed by atoms with Crippen LogP contribution in [0.4, 0.5) is 0 Å². The number of hydrogen-bond acceptors (Lipinski definition) is 3. The molecule has 3 atom stereocenters. The summed E-state index contributed by atoms with van der Waals surface area (Å²) in [4.78, 5) is 14.4. The van der Waals surface area contributed by atoms with Crippen molar-refractivity contribution in [1.82, 2.24) is 4.90 Å². The lowest BCUT2D eigenvalue weighted by atomic mass is 9.85. The molecule has 2 fully saturated rings. The number of nitrogens with zero attached hydrogens (tertiary/aromatic N) is 1. The van der Waals surface area contributed by atoms with Crippen LogP contribution in [0.25, 0.3) is 0 Å². The molecule has 3 rings (SSSR count). The summed E-state index contributed by atoms with van der Waals surface area (Å²) in [5, 5.41) is 11.1. The molecule has 0 saturated carbocycles. The van der Waals surface area contributed by atoms with E-state index in [1.807, 2.05) is 24.3 Å². The van der Waals surface area contributed by atoms with Crippen molar-refractivity contribution in [3.63, 3.8) is 0 Å².